The first-order valence-electron chi connectivity index (χ1n) is 4.97. The topological polar surface area (TPSA) is 35.5 Å². The van der Waals surface area contributed by atoms with Crippen LogP contribution in [-0.2, 0) is 0 Å². The van der Waals surface area contributed by atoms with Gasteiger partial charge in [0.1, 0.15) is 0 Å². The van der Waals surface area contributed by atoms with E-state index in [1.54, 1.807) is 0 Å². The summed E-state index contributed by atoms with van der Waals surface area (Å²) >= 11 is 0. The summed E-state index contributed by atoms with van der Waals surface area (Å²) in [5.41, 5.74) is 0. The maximum absolute atomic E-state index is 9.16. The summed E-state index contributed by atoms with van der Waals surface area (Å²) < 4.78 is 0. The first-order valence-corrected chi connectivity index (χ1v) is 4.97. The molecule has 2 heterocycles. The Hall–Kier alpha value is -0.120. The van der Waals surface area contributed by atoms with E-state index in [9.17, 15) is 0 Å². The average molecular weight is 170 g/mol. The predicted octanol–water partition coefficient (Wildman–Crippen LogP) is -0.337. The maximum Gasteiger partial charge on any atom is 0.0486 e. The standard InChI is InChI=1S/C9H18N2O/c12-7-8-6-10-3-2-9(8)11-4-1-5-11/h8-10,12H,1-7H2/t8-,9-/m0/s1. The molecule has 2 aliphatic heterocycles. The lowest BCUT2D eigenvalue weighted by atomic mass is 9.90. The van der Waals surface area contributed by atoms with Gasteiger partial charge in [0.05, 0.1) is 0 Å². The minimum Gasteiger partial charge on any atom is -0.396 e. The van der Waals surface area contributed by atoms with E-state index >= 15 is 0 Å². The Labute approximate surface area is 73.8 Å². The van der Waals surface area contributed by atoms with E-state index in [-0.39, 0.29) is 0 Å². The molecule has 2 atom stereocenters. The van der Waals surface area contributed by atoms with Crippen molar-refractivity contribution in [3.8, 4) is 0 Å². The SMILES string of the molecule is OC[C@@H]1CNCC[C@@H]1N1CCC1. The zero-order valence-electron chi connectivity index (χ0n) is 7.50. The zero-order valence-corrected chi connectivity index (χ0v) is 7.50. The molecule has 0 radical (unpaired) electrons. The lowest BCUT2D eigenvalue weighted by Gasteiger charge is -2.44. The molecule has 0 bridgehead atoms. The van der Waals surface area contributed by atoms with Gasteiger partial charge in [0, 0.05) is 25.1 Å². The number of aliphatic hydroxyl groups is 1. The van der Waals surface area contributed by atoms with Gasteiger partial charge in [-0.25, -0.2) is 0 Å². The largest absolute Gasteiger partial charge is 0.396 e. The highest BCUT2D eigenvalue weighted by Crippen LogP contribution is 2.22. The minimum absolute atomic E-state index is 0.341. The van der Waals surface area contributed by atoms with E-state index in [0.717, 1.165) is 13.1 Å². The van der Waals surface area contributed by atoms with Crippen LogP contribution in [0.1, 0.15) is 12.8 Å². The van der Waals surface area contributed by atoms with E-state index in [4.69, 9.17) is 5.11 Å². The van der Waals surface area contributed by atoms with Crippen LogP contribution in [0.4, 0.5) is 0 Å². The van der Waals surface area contributed by atoms with E-state index in [0.29, 0.717) is 18.6 Å². The maximum atomic E-state index is 9.16. The predicted molar refractivity (Wildman–Crippen MR) is 48.0 cm³/mol. The third-order valence-corrected chi connectivity index (χ3v) is 3.16. The first kappa shape index (κ1) is 8.48. The van der Waals surface area contributed by atoms with Gasteiger partial charge in [-0.3, -0.25) is 4.90 Å². The summed E-state index contributed by atoms with van der Waals surface area (Å²) in [5.74, 6) is 0.471. The van der Waals surface area contributed by atoms with Crippen LogP contribution in [0.5, 0.6) is 0 Å². The molecule has 70 valence electrons. The van der Waals surface area contributed by atoms with Crippen molar-refractivity contribution in [2.75, 3.05) is 32.8 Å². The third kappa shape index (κ3) is 1.49. The Bertz CT molecular complexity index is 147. The van der Waals surface area contributed by atoms with Gasteiger partial charge in [0.25, 0.3) is 0 Å². The van der Waals surface area contributed by atoms with Crippen LogP contribution in [0.2, 0.25) is 0 Å². The van der Waals surface area contributed by atoms with Crippen molar-refractivity contribution < 1.29 is 5.11 Å². The number of nitrogens with one attached hydrogen (secondary N) is 1. The molecule has 0 aliphatic carbocycles. The fraction of sp³-hybridized carbons (Fsp3) is 1.00. The summed E-state index contributed by atoms with van der Waals surface area (Å²) in [6, 6.07) is 0.657. The second-order valence-electron chi connectivity index (χ2n) is 3.89. The average Bonchev–Trinajstić information content (AvgIpc) is 2.02. The van der Waals surface area contributed by atoms with E-state index in [2.05, 4.69) is 10.2 Å². The van der Waals surface area contributed by atoms with Crippen molar-refractivity contribution in [2.45, 2.75) is 18.9 Å². The summed E-state index contributed by atoms with van der Waals surface area (Å²) in [7, 11) is 0. The van der Waals surface area contributed by atoms with Crippen LogP contribution >= 0.6 is 0 Å². The van der Waals surface area contributed by atoms with E-state index in [1.807, 2.05) is 0 Å². The molecule has 0 saturated carbocycles. The highest BCUT2D eigenvalue weighted by Gasteiger charge is 2.31. The lowest BCUT2D eigenvalue weighted by Crippen LogP contribution is -2.55. The molecule has 0 aromatic rings. The molecule has 2 aliphatic rings. The van der Waals surface area contributed by atoms with Crippen molar-refractivity contribution in [1.82, 2.24) is 10.2 Å². The van der Waals surface area contributed by atoms with Crippen LogP contribution in [0.3, 0.4) is 0 Å². The molecule has 2 saturated heterocycles. The number of piperidine rings is 1. The van der Waals surface area contributed by atoms with E-state index < -0.39 is 0 Å². The van der Waals surface area contributed by atoms with Crippen molar-refractivity contribution in [1.29, 1.82) is 0 Å². The van der Waals surface area contributed by atoms with Crippen LogP contribution in [0, 0.1) is 5.92 Å². The van der Waals surface area contributed by atoms with Gasteiger partial charge in [-0.2, -0.15) is 0 Å². The van der Waals surface area contributed by atoms with Gasteiger partial charge in [-0.15, -0.1) is 0 Å². The van der Waals surface area contributed by atoms with Gasteiger partial charge < -0.3 is 10.4 Å². The molecule has 3 heteroatoms. The normalized spacial score (nSPS) is 37.8. The molecule has 0 unspecified atom stereocenters. The molecular formula is C9H18N2O. The lowest BCUT2D eigenvalue weighted by molar-refractivity contribution is 0.0342. The molecule has 2 fully saturated rings. The van der Waals surface area contributed by atoms with Gasteiger partial charge >= 0.3 is 0 Å². The van der Waals surface area contributed by atoms with Crippen molar-refractivity contribution >= 4 is 0 Å². The molecule has 0 amide bonds. The Morgan fingerprint density at radius 2 is 2.25 bits per heavy atom. The van der Waals surface area contributed by atoms with Crippen molar-refractivity contribution in [2.24, 2.45) is 5.92 Å². The number of aliphatic hydroxyl groups excluding tert-OH is 1. The molecule has 0 aromatic carbocycles. The van der Waals surface area contributed by atoms with Gasteiger partial charge in [0.15, 0.2) is 0 Å². The number of hydrogen-bond donors (Lipinski definition) is 2. The Balaban J connectivity index is 1.90. The smallest absolute Gasteiger partial charge is 0.0486 e. The van der Waals surface area contributed by atoms with Crippen LogP contribution in [0.25, 0.3) is 0 Å². The van der Waals surface area contributed by atoms with Crippen molar-refractivity contribution in [3.05, 3.63) is 0 Å². The first-order chi connectivity index (χ1) is 5.92. The summed E-state index contributed by atoms with van der Waals surface area (Å²) in [6.07, 6.45) is 2.56. The van der Waals surface area contributed by atoms with Gasteiger partial charge in [-0.05, 0) is 32.5 Å². The number of nitrogens with zero attached hydrogens (tertiary/aromatic N) is 1. The summed E-state index contributed by atoms with van der Waals surface area (Å²) in [5, 5.41) is 12.5. The second-order valence-corrected chi connectivity index (χ2v) is 3.89. The summed E-state index contributed by atoms with van der Waals surface area (Å²) in [4.78, 5) is 2.52. The molecular weight excluding hydrogens is 152 g/mol. The minimum atomic E-state index is 0.341. The molecule has 3 nitrogen and oxygen atoms in total. The monoisotopic (exact) mass is 170 g/mol. The van der Waals surface area contributed by atoms with Gasteiger partial charge in [0.2, 0.25) is 0 Å². The molecule has 2 N–H and O–H groups in total. The van der Waals surface area contributed by atoms with Crippen molar-refractivity contribution in [3.63, 3.8) is 0 Å². The molecule has 0 aromatic heterocycles. The summed E-state index contributed by atoms with van der Waals surface area (Å²) in [6.45, 7) is 4.96. The molecule has 0 spiro atoms. The van der Waals surface area contributed by atoms with Crippen LogP contribution < -0.4 is 5.32 Å². The molecule has 2 rings (SSSR count). The van der Waals surface area contributed by atoms with E-state index in [1.165, 1.54) is 25.9 Å². The highest BCUT2D eigenvalue weighted by atomic mass is 16.3. The Kier molecular flexibility index (Phi) is 2.63. The fourth-order valence-corrected chi connectivity index (χ4v) is 2.25. The number of hydrogen-bond acceptors (Lipinski definition) is 3. The number of rotatable bonds is 2. The Morgan fingerprint density at radius 1 is 1.42 bits per heavy atom. The number of likely N-dealkylation sites (tertiary alicyclic amines) is 1. The van der Waals surface area contributed by atoms with Crippen LogP contribution in [0.15, 0.2) is 0 Å². The second kappa shape index (κ2) is 3.73. The quantitative estimate of drug-likeness (QED) is 0.595. The molecule has 12 heavy (non-hydrogen) atoms. The third-order valence-electron chi connectivity index (χ3n) is 3.16. The fourth-order valence-electron chi connectivity index (χ4n) is 2.25. The highest BCUT2D eigenvalue weighted by molar-refractivity contribution is 4.88. The van der Waals surface area contributed by atoms with Gasteiger partial charge in [-0.1, -0.05) is 0 Å². The van der Waals surface area contributed by atoms with Crippen LogP contribution in [-0.4, -0.2) is 48.8 Å². The zero-order chi connectivity index (χ0) is 8.39. The Morgan fingerprint density at radius 3 is 2.83 bits per heavy atom.